The summed E-state index contributed by atoms with van der Waals surface area (Å²) in [5.41, 5.74) is 0.291. The molecular weight excluding hydrogens is 336 g/mol. The highest BCUT2D eigenvalue weighted by Crippen LogP contribution is 2.14. The summed E-state index contributed by atoms with van der Waals surface area (Å²) in [5, 5.41) is 0. The molecule has 0 radical (unpaired) electrons. The number of esters is 4. The van der Waals surface area contributed by atoms with Crippen molar-refractivity contribution in [2.45, 2.75) is 53.4 Å². The summed E-state index contributed by atoms with van der Waals surface area (Å²) in [5.74, 6) is -3.28. The molecule has 0 saturated carbocycles. The predicted octanol–water partition coefficient (Wildman–Crippen LogP) is 3.93. The van der Waals surface area contributed by atoms with E-state index in [1.807, 2.05) is 27.7 Å². The number of hydrogen-bond donors (Lipinski definition) is 0. The fraction of sp³-hybridized carbons (Fsp3) is 0.500. The van der Waals surface area contributed by atoms with E-state index in [1.165, 1.54) is 24.3 Å². The molecule has 1 rings (SSSR count). The van der Waals surface area contributed by atoms with Crippen LogP contribution < -0.4 is 0 Å². The second-order valence-electron chi connectivity index (χ2n) is 6.02. The molecule has 1 aromatic carbocycles. The van der Waals surface area contributed by atoms with E-state index in [2.05, 4.69) is 0 Å². The second kappa shape index (κ2) is 10.5. The van der Waals surface area contributed by atoms with Gasteiger partial charge in [0.25, 0.3) is 0 Å². The van der Waals surface area contributed by atoms with Crippen LogP contribution in [0, 0.1) is 11.8 Å². The zero-order chi connectivity index (χ0) is 19.7. The largest absolute Gasteiger partial charge is 0.389 e. The molecule has 0 aliphatic carbocycles. The van der Waals surface area contributed by atoms with Gasteiger partial charge in [0, 0.05) is 0 Å². The number of carbonyl (C=O) groups excluding carboxylic acids is 4. The normalized spacial score (nSPS) is 10.7. The van der Waals surface area contributed by atoms with Crippen molar-refractivity contribution < 1.29 is 28.7 Å². The molecule has 142 valence electrons. The third-order valence-corrected chi connectivity index (χ3v) is 4.38. The van der Waals surface area contributed by atoms with Crippen LogP contribution in [0.25, 0.3) is 0 Å². The van der Waals surface area contributed by atoms with Gasteiger partial charge in [0.1, 0.15) is 0 Å². The average molecular weight is 362 g/mol. The first-order chi connectivity index (χ1) is 12.4. The predicted molar refractivity (Wildman–Crippen MR) is 95.4 cm³/mol. The minimum atomic E-state index is -0.769. The Kier molecular flexibility index (Phi) is 8.68. The summed E-state index contributed by atoms with van der Waals surface area (Å²) in [4.78, 5) is 47.7. The van der Waals surface area contributed by atoms with Crippen molar-refractivity contribution in [2.24, 2.45) is 11.8 Å². The van der Waals surface area contributed by atoms with E-state index in [9.17, 15) is 19.2 Å². The molecule has 0 spiro atoms. The first-order valence-electron chi connectivity index (χ1n) is 8.99. The van der Waals surface area contributed by atoms with Gasteiger partial charge in [-0.15, -0.1) is 0 Å². The molecule has 0 unspecified atom stereocenters. The van der Waals surface area contributed by atoms with Crippen molar-refractivity contribution in [3.05, 3.63) is 35.4 Å². The minimum Gasteiger partial charge on any atom is -0.389 e. The highest BCUT2D eigenvalue weighted by atomic mass is 16.6. The van der Waals surface area contributed by atoms with Crippen molar-refractivity contribution in [3.63, 3.8) is 0 Å². The quantitative estimate of drug-likeness (QED) is 0.514. The molecule has 6 nitrogen and oxygen atoms in total. The van der Waals surface area contributed by atoms with Crippen molar-refractivity contribution >= 4 is 23.9 Å². The van der Waals surface area contributed by atoms with Crippen molar-refractivity contribution in [3.8, 4) is 0 Å². The molecule has 1 aromatic rings. The van der Waals surface area contributed by atoms with Crippen LogP contribution in [-0.2, 0) is 19.1 Å². The van der Waals surface area contributed by atoms with Gasteiger partial charge in [-0.2, -0.15) is 0 Å². The summed E-state index contributed by atoms with van der Waals surface area (Å²) in [6, 6.07) is 5.45. The Bertz CT molecular complexity index is 582. The number of rotatable bonds is 8. The van der Waals surface area contributed by atoms with E-state index in [1.54, 1.807) is 0 Å². The minimum absolute atomic E-state index is 0.146. The van der Waals surface area contributed by atoms with Crippen LogP contribution in [0.1, 0.15) is 74.1 Å². The number of ether oxygens (including phenoxy) is 2. The number of carbonyl (C=O) groups is 4. The molecule has 0 fully saturated rings. The average Bonchev–Trinajstić information content (AvgIpc) is 2.63. The van der Waals surface area contributed by atoms with Crippen LogP contribution in [0.2, 0.25) is 0 Å². The van der Waals surface area contributed by atoms with Crippen molar-refractivity contribution in [1.29, 1.82) is 0 Å². The zero-order valence-corrected chi connectivity index (χ0v) is 15.7. The zero-order valence-electron chi connectivity index (χ0n) is 15.7. The van der Waals surface area contributed by atoms with Crippen molar-refractivity contribution in [1.82, 2.24) is 0 Å². The Balaban J connectivity index is 2.73. The molecule has 0 saturated heterocycles. The van der Waals surface area contributed by atoms with Crippen LogP contribution >= 0.6 is 0 Å². The Morgan fingerprint density at radius 2 is 0.923 bits per heavy atom. The van der Waals surface area contributed by atoms with Crippen molar-refractivity contribution in [2.75, 3.05) is 0 Å². The van der Waals surface area contributed by atoms with Crippen LogP contribution in [0.5, 0.6) is 0 Å². The van der Waals surface area contributed by atoms with E-state index < -0.39 is 23.9 Å². The fourth-order valence-corrected chi connectivity index (χ4v) is 2.45. The van der Waals surface area contributed by atoms with Gasteiger partial charge in [-0.25, -0.2) is 9.59 Å². The smallest absolute Gasteiger partial charge is 0.345 e. The van der Waals surface area contributed by atoms with Crippen LogP contribution in [0.3, 0.4) is 0 Å². The van der Waals surface area contributed by atoms with Crippen LogP contribution in [-0.4, -0.2) is 23.9 Å². The number of benzene rings is 1. The lowest BCUT2D eigenvalue weighted by Crippen LogP contribution is -2.21. The van der Waals surface area contributed by atoms with E-state index in [0.717, 1.165) is 0 Å². The summed E-state index contributed by atoms with van der Waals surface area (Å²) >= 11 is 0. The molecule has 0 amide bonds. The molecule has 0 aromatic heterocycles. The van der Waals surface area contributed by atoms with E-state index in [-0.39, 0.29) is 23.0 Å². The molecule has 0 bridgehead atoms. The third-order valence-electron chi connectivity index (χ3n) is 4.38. The molecular formula is C20H26O6. The maximum Gasteiger partial charge on any atom is 0.345 e. The summed E-state index contributed by atoms with van der Waals surface area (Å²) in [7, 11) is 0. The highest BCUT2D eigenvalue weighted by Gasteiger charge is 2.22. The van der Waals surface area contributed by atoms with Gasteiger partial charge in [0.05, 0.1) is 23.0 Å². The van der Waals surface area contributed by atoms with Gasteiger partial charge in [-0.3, -0.25) is 9.59 Å². The summed E-state index contributed by atoms with van der Waals surface area (Å²) in [6.45, 7) is 7.40. The maximum absolute atomic E-state index is 12.0. The van der Waals surface area contributed by atoms with Gasteiger partial charge < -0.3 is 9.47 Å². The molecule has 0 aliphatic rings. The maximum atomic E-state index is 12.0. The number of hydrogen-bond acceptors (Lipinski definition) is 6. The topological polar surface area (TPSA) is 86.7 Å². The lowest BCUT2D eigenvalue weighted by Gasteiger charge is -2.11. The van der Waals surface area contributed by atoms with Crippen LogP contribution in [0.4, 0.5) is 0 Å². The van der Waals surface area contributed by atoms with Crippen LogP contribution in [0.15, 0.2) is 24.3 Å². The standard InChI is InChI=1S/C20H26O6/c1-5-13(6-2)17(21)25-19(23)15-9-11-16(12-10-15)20(24)26-18(22)14(7-3)8-4/h9-14H,5-8H2,1-4H3. The SMILES string of the molecule is CCC(CC)C(=O)OC(=O)c1ccc(C(=O)OC(=O)C(CC)CC)cc1. The Hall–Kier alpha value is -2.50. The highest BCUT2D eigenvalue weighted by molar-refractivity contribution is 6.00. The summed E-state index contributed by atoms with van der Waals surface area (Å²) < 4.78 is 9.72. The first kappa shape index (κ1) is 21.5. The van der Waals surface area contributed by atoms with Gasteiger partial charge in [-0.1, -0.05) is 27.7 Å². The second-order valence-corrected chi connectivity index (χ2v) is 6.02. The molecule has 26 heavy (non-hydrogen) atoms. The molecule has 0 aliphatic heterocycles. The van der Waals surface area contributed by atoms with Gasteiger partial charge in [0.2, 0.25) is 0 Å². The van der Waals surface area contributed by atoms with Gasteiger partial charge >= 0.3 is 23.9 Å². The molecule has 0 heterocycles. The van der Waals surface area contributed by atoms with E-state index in [4.69, 9.17) is 9.47 Å². The Labute approximate surface area is 153 Å². The molecule has 0 atom stereocenters. The summed E-state index contributed by atoms with van der Waals surface area (Å²) in [6.07, 6.45) is 2.38. The lowest BCUT2D eigenvalue weighted by atomic mass is 10.0. The third kappa shape index (κ3) is 5.79. The fourth-order valence-electron chi connectivity index (χ4n) is 2.45. The van der Waals surface area contributed by atoms with Gasteiger partial charge in [-0.05, 0) is 49.9 Å². The Morgan fingerprint density at radius 1 is 0.654 bits per heavy atom. The van der Waals surface area contributed by atoms with Gasteiger partial charge in [0.15, 0.2) is 0 Å². The van der Waals surface area contributed by atoms with E-state index >= 15 is 0 Å². The monoisotopic (exact) mass is 362 g/mol. The Morgan fingerprint density at radius 3 is 1.15 bits per heavy atom. The molecule has 0 N–H and O–H groups in total. The van der Waals surface area contributed by atoms with E-state index in [0.29, 0.717) is 25.7 Å². The lowest BCUT2D eigenvalue weighted by molar-refractivity contribution is -0.144. The molecule has 6 heteroatoms. The first-order valence-corrected chi connectivity index (χ1v) is 8.99.